The molecule has 10 nitrogen and oxygen atoms in total. The third-order valence-corrected chi connectivity index (χ3v) is 7.74. The topological polar surface area (TPSA) is 143 Å². The van der Waals surface area contributed by atoms with E-state index < -0.39 is 90.0 Å². The number of benzene rings is 1. The van der Waals surface area contributed by atoms with Gasteiger partial charge in [-0.1, -0.05) is 64.4 Å². The van der Waals surface area contributed by atoms with Gasteiger partial charge in [-0.3, -0.25) is 19.2 Å². The largest absolute Gasteiger partial charge is 0.447 e. The molecule has 0 saturated heterocycles. The van der Waals surface area contributed by atoms with Gasteiger partial charge in [0.25, 0.3) is 11.8 Å². The van der Waals surface area contributed by atoms with Crippen LogP contribution in [0.4, 0.5) is 13.6 Å². The maximum Gasteiger partial charge on any atom is 0.408 e. The Morgan fingerprint density at radius 3 is 2.20 bits per heavy atom. The number of carbonyl (C=O) groups excluding carboxylic acids is 5. The molecule has 0 heterocycles. The number of halogens is 2. The third kappa shape index (κ3) is 10.9. The molecule has 1 aliphatic carbocycles. The summed E-state index contributed by atoms with van der Waals surface area (Å²) in [5.41, 5.74) is 0.0638. The van der Waals surface area contributed by atoms with Gasteiger partial charge in [0.1, 0.15) is 6.04 Å². The third-order valence-electron chi connectivity index (χ3n) is 7.74. The highest BCUT2D eigenvalue weighted by atomic mass is 19.3. The van der Waals surface area contributed by atoms with E-state index in [2.05, 4.69) is 21.3 Å². The number of Topliss-reactive ketones (excluding diaryl/α,β-unsaturated/α-hetero) is 1. The number of ether oxygens (including phenoxy) is 1. The van der Waals surface area contributed by atoms with Gasteiger partial charge in [0.2, 0.25) is 17.6 Å². The first-order chi connectivity index (χ1) is 20.5. The molecule has 1 aliphatic rings. The molecule has 0 aliphatic heterocycles. The van der Waals surface area contributed by atoms with E-state index in [1.807, 2.05) is 30.3 Å². The molecule has 1 saturated carbocycles. The summed E-state index contributed by atoms with van der Waals surface area (Å²) in [6.45, 7) is 11.6. The van der Waals surface area contributed by atoms with Crippen molar-refractivity contribution < 1.29 is 37.5 Å². The van der Waals surface area contributed by atoms with Crippen LogP contribution in [-0.4, -0.2) is 60.3 Å². The zero-order valence-corrected chi connectivity index (χ0v) is 26.8. The second-order valence-electron chi connectivity index (χ2n) is 12.9. The number of nitrogens with one attached hydrogen (secondary N) is 4. The first-order valence-corrected chi connectivity index (χ1v) is 15.3. The fourth-order valence-electron chi connectivity index (χ4n) is 5.32. The van der Waals surface area contributed by atoms with Crippen LogP contribution in [0, 0.1) is 17.3 Å². The maximum absolute atomic E-state index is 14.9. The summed E-state index contributed by atoms with van der Waals surface area (Å²) in [5, 5.41) is 10.3. The summed E-state index contributed by atoms with van der Waals surface area (Å²) in [4.78, 5) is 63.9. The van der Waals surface area contributed by atoms with E-state index in [1.165, 1.54) is 0 Å². The molecular formula is C32H48F2N4O6. The number of ketones is 1. The number of hydrogen-bond acceptors (Lipinski definition) is 6. The minimum Gasteiger partial charge on any atom is -0.447 e. The van der Waals surface area contributed by atoms with Crippen molar-refractivity contribution in [2.45, 2.75) is 111 Å². The van der Waals surface area contributed by atoms with Gasteiger partial charge in [0.15, 0.2) is 0 Å². The molecule has 0 bridgehead atoms. The van der Waals surface area contributed by atoms with Gasteiger partial charge < -0.3 is 26.0 Å². The van der Waals surface area contributed by atoms with Crippen LogP contribution in [0.3, 0.4) is 0 Å². The van der Waals surface area contributed by atoms with Crippen LogP contribution in [0.25, 0.3) is 0 Å². The van der Waals surface area contributed by atoms with Crippen LogP contribution >= 0.6 is 0 Å². The number of carbonyl (C=O) groups is 5. The SMILES string of the molecule is CCCC(NC(=O)C[C@H]1CCC(F)(F)[C@H]1CNC(=O)[C@@H](NC(=O)OC(C)C)C(C)(C)C)C(=O)C(=O)N[C@H](C)c1ccccc1. The number of alkyl carbamates (subject to hydrolysis) is 1. The van der Waals surface area contributed by atoms with Crippen molar-refractivity contribution in [3.05, 3.63) is 35.9 Å². The fraction of sp³-hybridized carbons (Fsp3) is 0.656. The van der Waals surface area contributed by atoms with Gasteiger partial charge >= 0.3 is 6.09 Å². The van der Waals surface area contributed by atoms with Crippen LogP contribution in [0.5, 0.6) is 0 Å². The molecular weight excluding hydrogens is 574 g/mol. The van der Waals surface area contributed by atoms with Crippen molar-refractivity contribution in [1.82, 2.24) is 21.3 Å². The van der Waals surface area contributed by atoms with Gasteiger partial charge in [-0.05, 0) is 50.5 Å². The Bertz CT molecular complexity index is 1160. The normalized spacial score (nSPS) is 19.8. The first-order valence-electron chi connectivity index (χ1n) is 15.3. The summed E-state index contributed by atoms with van der Waals surface area (Å²) in [6.07, 6.45) is -1.21. The van der Waals surface area contributed by atoms with Crippen LogP contribution < -0.4 is 21.3 Å². The highest BCUT2D eigenvalue weighted by molar-refractivity contribution is 6.38. The van der Waals surface area contributed by atoms with Gasteiger partial charge in [0.05, 0.1) is 18.2 Å². The molecule has 5 atom stereocenters. The van der Waals surface area contributed by atoms with Crippen molar-refractivity contribution >= 4 is 29.6 Å². The van der Waals surface area contributed by atoms with Crippen LogP contribution in [0.2, 0.25) is 0 Å². The monoisotopic (exact) mass is 622 g/mol. The van der Waals surface area contributed by atoms with E-state index in [1.54, 1.807) is 48.5 Å². The summed E-state index contributed by atoms with van der Waals surface area (Å²) >= 11 is 0. The highest BCUT2D eigenvalue weighted by Crippen LogP contribution is 2.45. The molecule has 4 N–H and O–H groups in total. The molecule has 0 radical (unpaired) electrons. The quantitative estimate of drug-likeness (QED) is 0.226. The van der Waals surface area contributed by atoms with Gasteiger partial charge in [0, 0.05) is 25.3 Å². The molecule has 44 heavy (non-hydrogen) atoms. The predicted octanol–water partition coefficient (Wildman–Crippen LogP) is 4.43. The van der Waals surface area contributed by atoms with Crippen molar-refractivity contribution in [3.8, 4) is 0 Å². The van der Waals surface area contributed by atoms with E-state index >= 15 is 0 Å². The Morgan fingerprint density at radius 2 is 1.64 bits per heavy atom. The lowest BCUT2D eigenvalue weighted by atomic mass is 9.85. The fourth-order valence-corrected chi connectivity index (χ4v) is 5.32. The number of rotatable bonds is 14. The van der Waals surface area contributed by atoms with Crippen molar-refractivity contribution in [1.29, 1.82) is 0 Å². The van der Waals surface area contributed by atoms with Crippen molar-refractivity contribution in [2.24, 2.45) is 17.3 Å². The Labute approximate surface area is 258 Å². The predicted molar refractivity (Wildman–Crippen MR) is 162 cm³/mol. The molecule has 4 amide bonds. The molecule has 246 valence electrons. The lowest BCUT2D eigenvalue weighted by Gasteiger charge is -2.31. The molecule has 1 fully saturated rings. The van der Waals surface area contributed by atoms with Gasteiger partial charge in [-0.15, -0.1) is 0 Å². The minimum absolute atomic E-state index is 0.0457. The molecule has 12 heteroatoms. The van der Waals surface area contributed by atoms with Crippen molar-refractivity contribution in [2.75, 3.05) is 6.54 Å². The standard InChI is InChI=1S/C32H48F2N4O6/c1-8-12-24(26(40)28(41)36-20(4)21-13-10-9-11-14-21)37-25(39)17-22-15-16-32(33,34)23(22)18-35-29(42)27(31(5,6)7)38-30(43)44-19(2)3/h9-11,13-14,19-20,22-24,27H,8,12,15-18H2,1-7H3,(H,35,42)(H,36,41)(H,37,39)(H,38,43)/t20-,22-,23+,24?,27-/m1/s1. The Hall–Kier alpha value is -3.57. The number of hydrogen-bond donors (Lipinski definition) is 4. The maximum atomic E-state index is 14.9. The summed E-state index contributed by atoms with van der Waals surface area (Å²) in [6, 6.07) is 6.51. The average Bonchev–Trinajstić information content (AvgIpc) is 3.21. The molecule has 0 aromatic heterocycles. The molecule has 2 rings (SSSR count). The average molecular weight is 623 g/mol. The van der Waals surface area contributed by atoms with E-state index in [4.69, 9.17) is 4.74 Å². The first kappa shape index (κ1) is 36.6. The lowest BCUT2D eigenvalue weighted by Crippen LogP contribution is -2.55. The lowest BCUT2D eigenvalue weighted by molar-refractivity contribution is -0.140. The second-order valence-corrected chi connectivity index (χ2v) is 12.9. The Morgan fingerprint density at radius 1 is 1.00 bits per heavy atom. The molecule has 1 aromatic carbocycles. The molecule has 0 spiro atoms. The highest BCUT2D eigenvalue weighted by Gasteiger charge is 2.50. The minimum atomic E-state index is -3.13. The zero-order chi connectivity index (χ0) is 33.2. The smallest absolute Gasteiger partial charge is 0.408 e. The Balaban J connectivity index is 2.04. The summed E-state index contributed by atoms with van der Waals surface area (Å²) < 4.78 is 35.0. The van der Waals surface area contributed by atoms with Crippen LogP contribution in [-0.2, 0) is 23.9 Å². The Kier molecular flexibility index (Phi) is 13.3. The van der Waals surface area contributed by atoms with Gasteiger partial charge in [-0.2, -0.15) is 0 Å². The van der Waals surface area contributed by atoms with E-state index in [-0.39, 0.29) is 19.3 Å². The number of alkyl halides is 2. The summed E-state index contributed by atoms with van der Waals surface area (Å²) in [7, 11) is 0. The van der Waals surface area contributed by atoms with Crippen molar-refractivity contribution in [3.63, 3.8) is 0 Å². The van der Waals surface area contributed by atoms with Crippen LogP contribution in [0.15, 0.2) is 30.3 Å². The number of amides is 4. The zero-order valence-electron chi connectivity index (χ0n) is 26.8. The molecule has 1 aromatic rings. The van der Waals surface area contributed by atoms with Gasteiger partial charge in [-0.25, -0.2) is 13.6 Å². The van der Waals surface area contributed by atoms with E-state index in [9.17, 15) is 32.8 Å². The van der Waals surface area contributed by atoms with E-state index in [0.29, 0.717) is 6.42 Å². The summed E-state index contributed by atoms with van der Waals surface area (Å²) in [5.74, 6) is -8.16. The second kappa shape index (κ2) is 15.9. The van der Waals surface area contributed by atoms with E-state index in [0.717, 1.165) is 5.56 Å². The van der Waals surface area contributed by atoms with Crippen LogP contribution in [0.1, 0.15) is 92.2 Å². The molecule has 1 unspecified atom stereocenters.